The summed E-state index contributed by atoms with van der Waals surface area (Å²) in [6.45, 7) is 0. The van der Waals surface area contributed by atoms with Gasteiger partial charge in [0.15, 0.2) is 0 Å². The van der Waals surface area contributed by atoms with Crippen LogP contribution in [0.3, 0.4) is 0 Å². The number of hydrogen-bond donors (Lipinski definition) is 2. The normalized spacial score (nSPS) is 10.2. The Hall–Kier alpha value is -2.21. The van der Waals surface area contributed by atoms with Crippen molar-refractivity contribution in [3.8, 4) is 0 Å². The molecule has 0 bridgehead atoms. The van der Waals surface area contributed by atoms with Crippen LogP contribution < -0.4 is 5.32 Å². The molecule has 1 amide bonds. The first-order valence-electron chi connectivity index (χ1n) is 6.03. The number of benzene rings is 2. The standard InChI is InChI=1S/C15H11BrFNO3/c16-12-8-10(4-5-13(12)17)15(21)18-11-3-1-2-9(6-11)7-14(19)20/h1-6,8H,7H2,(H,18,21)(H,19,20). The van der Waals surface area contributed by atoms with E-state index in [-0.39, 0.29) is 10.9 Å². The molecule has 0 fully saturated rings. The molecule has 21 heavy (non-hydrogen) atoms. The highest BCUT2D eigenvalue weighted by Gasteiger charge is 2.09. The fraction of sp³-hybridized carbons (Fsp3) is 0.0667. The Kier molecular flexibility index (Phi) is 4.70. The van der Waals surface area contributed by atoms with Gasteiger partial charge in [-0.15, -0.1) is 0 Å². The number of halogens is 2. The van der Waals surface area contributed by atoms with Gasteiger partial charge in [-0.3, -0.25) is 9.59 Å². The van der Waals surface area contributed by atoms with Crippen LogP contribution in [0.15, 0.2) is 46.9 Å². The van der Waals surface area contributed by atoms with E-state index in [0.717, 1.165) is 0 Å². The zero-order valence-electron chi connectivity index (χ0n) is 10.8. The van der Waals surface area contributed by atoms with E-state index in [1.54, 1.807) is 24.3 Å². The summed E-state index contributed by atoms with van der Waals surface area (Å²) in [5.41, 5.74) is 1.37. The second kappa shape index (κ2) is 6.49. The average Bonchev–Trinajstić information content (AvgIpc) is 2.41. The molecule has 0 aliphatic carbocycles. The Balaban J connectivity index is 2.15. The maximum Gasteiger partial charge on any atom is 0.307 e. The third kappa shape index (κ3) is 4.13. The molecule has 0 saturated heterocycles. The molecule has 2 rings (SSSR count). The smallest absolute Gasteiger partial charge is 0.307 e. The van der Waals surface area contributed by atoms with E-state index in [2.05, 4.69) is 21.2 Å². The van der Waals surface area contributed by atoms with E-state index >= 15 is 0 Å². The van der Waals surface area contributed by atoms with Crippen molar-refractivity contribution < 1.29 is 19.1 Å². The number of carbonyl (C=O) groups is 2. The molecule has 0 atom stereocenters. The Morgan fingerprint density at radius 2 is 1.95 bits per heavy atom. The summed E-state index contributed by atoms with van der Waals surface area (Å²) in [4.78, 5) is 22.7. The molecule has 0 aliphatic rings. The van der Waals surface area contributed by atoms with Crippen LogP contribution in [0.1, 0.15) is 15.9 Å². The van der Waals surface area contributed by atoms with Crippen LogP contribution in [-0.2, 0) is 11.2 Å². The van der Waals surface area contributed by atoms with Crippen LogP contribution in [0.2, 0.25) is 0 Å². The van der Waals surface area contributed by atoms with Gasteiger partial charge in [0.25, 0.3) is 5.91 Å². The van der Waals surface area contributed by atoms with Gasteiger partial charge in [-0.05, 0) is 51.8 Å². The molecule has 0 radical (unpaired) electrons. The molecule has 0 saturated carbocycles. The molecule has 6 heteroatoms. The molecule has 0 aliphatic heterocycles. The number of carboxylic acids is 1. The molecule has 2 N–H and O–H groups in total. The summed E-state index contributed by atoms with van der Waals surface area (Å²) in [5.74, 6) is -1.79. The van der Waals surface area contributed by atoms with Gasteiger partial charge in [0.2, 0.25) is 0 Å². The van der Waals surface area contributed by atoms with Gasteiger partial charge in [0.05, 0.1) is 10.9 Å². The second-order valence-corrected chi connectivity index (χ2v) is 5.21. The quantitative estimate of drug-likeness (QED) is 0.886. The molecule has 2 aromatic rings. The first-order valence-corrected chi connectivity index (χ1v) is 6.82. The number of anilines is 1. The minimum absolute atomic E-state index is 0.119. The number of carbonyl (C=O) groups excluding carboxylic acids is 1. The van der Waals surface area contributed by atoms with Gasteiger partial charge >= 0.3 is 5.97 Å². The Labute approximate surface area is 128 Å². The lowest BCUT2D eigenvalue weighted by atomic mass is 10.1. The number of amides is 1. The van der Waals surface area contributed by atoms with Crippen molar-refractivity contribution in [3.63, 3.8) is 0 Å². The first-order chi connectivity index (χ1) is 9.95. The van der Waals surface area contributed by atoms with E-state index in [4.69, 9.17) is 5.11 Å². The molecule has 0 aromatic heterocycles. The minimum atomic E-state index is -0.944. The summed E-state index contributed by atoms with van der Waals surface area (Å²) >= 11 is 3.02. The van der Waals surface area contributed by atoms with E-state index in [1.165, 1.54) is 18.2 Å². The summed E-state index contributed by atoms with van der Waals surface area (Å²) in [6.07, 6.45) is -0.119. The highest BCUT2D eigenvalue weighted by molar-refractivity contribution is 9.10. The maximum absolute atomic E-state index is 13.1. The van der Waals surface area contributed by atoms with Crippen molar-refractivity contribution >= 4 is 33.5 Å². The second-order valence-electron chi connectivity index (χ2n) is 4.35. The Bertz CT molecular complexity index is 703. The fourth-order valence-corrected chi connectivity index (χ4v) is 2.15. The zero-order valence-corrected chi connectivity index (χ0v) is 12.4. The molecule has 0 heterocycles. The van der Waals surface area contributed by atoms with Crippen molar-refractivity contribution in [2.24, 2.45) is 0 Å². The molecule has 4 nitrogen and oxygen atoms in total. The van der Waals surface area contributed by atoms with Gasteiger partial charge < -0.3 is 10.4 Å². The highest BCUT2D eigenvalue weighted by Crippen LogP contribution is 2.18. The van der Waals surface area contributed by atoms with E-state index < -0.39 is 17.7 Å². The van der Waals surface area contributed by atoms with Gasteiger partial charge in [-0.2, -0.15) is 0 Å². The summed E-state index contributed by atoms with van der Waals surface area (Å²) in [5, 5.41) is 11.4. The van der Waals surface area contributed by atoms with Crippen LogP contribution in [0.25, 0.3) is 0 Å². The predicted molar refractivity (Wildman–Crippen MR) is 79.8 cm³/mol. The average molecular weight is 352 g/mol. The topological polar surface area (TPSA) is 66.4 Å². The van der Waals surface area contributed by atoms with E-state index in [0.29, 0.717) is 16.8 Å². The van der Waals surface area contributed by atoms with Crippen molar-refractivity contribution in [2.75, 3.05) is 5.32 Å². The van der Waals surface area contributed by atoms with Gasteiger partial charge in [-0.25, -0.2) is 4.39 Å². The van der Waals surface area contributed by atoms with Crippen LogP contribution in [0.5, 0.6) is 0 Å². The minimum Gasteiger partial charge on any atom is -0.481 e. The van der Waals surface area contributed by atoms with Gasteiger partial charge in [-0.1, -0.05) is 12.1 Å². The van der Waals surface area contributed by atoms with Crippen LogP contribution in [-0.4, -0.2) is 17.0 Å². The van der Waals surface area contributed by atoms with E-state index in [1.807, 2.05) is 0 Å². The highest BCUT2D eigenvalue weighted by atomic mass is 79.9. The lowest BCUT2D eigenvalue weighted by molar-refractivity contribution is -0.136. The lowest BCUT2D eigenvalue weighted by Crippen LogP contribution is -2.12. The van der Waals surface area contributed by atoms with E-state index in [9.17, 15) is 14.0 Å². The third-order valence-electron chi connectivity index (χ3n) is 2.72. The third-order valence-corrected chi connectivity index (χ3v) is 3.33. The van der Waals surface area contributed by atoms with Crippen molar-refractivity contribution in [1.29, 1.82) is 0 Å². The van der Waals surface area contributed by atoms with Crippen molar-refractivity contribution in [2.45, 2.75) is 6.42 Å². The lowest BCUT2D eigenvalue weighted by Gasteiger charge is -2.07. The fourth-order valence-electron chi connectivity index (χ4n) is 1.77. The summed E-state index contributed by atoms with van der Waals surface area (Å²) in [7, 11) is 0. The Morgan fingerprint density at radius 1 is 1.19 bits per heavy atom. The van der Waals surface area contributed by atoms with Crippen molar-refractivity contribution in [3.05, 3.63) is 63.9 Å². The number of rotatable bonds is 4. The van der Waals surface area contributed by atoms with Gasteiger partial charge in [0, 0.05) is 11.3 Å². The van der Waals surface area contributed by atoms with Crippen LogP contribution >= 0.6 is 15.9 Å². The van der Waals surface area contributed by atoms with Crippen LogP contribution in [0, 0.1) is 5.82 Å². The first kappa shape index (κ1) is 15.2. The number of aliphatic carboxylic acids is 1. The number of nitrogens with one attached hydrogen (secondary N) is 1. The van der Waals surface area contributed by atoms with Crippen molar-refractivity contribution in [1.82, 2.24) is 0 Å². The molecular formula is C15H11BrFNO3. The molecular weight excluding hydrogens is 341 g/mol. The number of carboxylic acid groups (broad SMARTS) is 1. The predicted octanol–water partition coefficient (Wildman–Crippen LogP) is 3.47. The largest absolute Gasteiger partial charge is 0.481 e. The molecule has 0 spiro atoms. The van der Waals surface area contributed by atoms with Gasteiger partial charge in [0.1, 0.15) is 5.82 Å². The number of hydrogen-bond acceptors (Lipinski definition) is 2. The summed E-state index contributed by atoms with van der Waals surface area (Å²) in [6, 6.07) is 10.5. The molecule has 108 valence electrons. The van der Waals surface area contributed by atoms with Crippen LogP contribution in [0.4, 0.5) is 10.1 Å². The molecule has 2 aromatic carbocycles. The maximum atomic E-state index is 13.1. The summed E-state index contributed by atoms with van der Waals surface area (Å²) < 4.78 is 13.3. The molecule has 0 unspecified atom stereocenters. The zero-order chi connectivity index (χ0) is 15.4. The SMILES string of the molecule is O=C(O)Cc1cccc(NC(=O)c2ccc(F)c(Br)c2)c1. The Morgan fingerprint density at radius 3 is 2.62 bits per heavy atom. The monoisotopic (exact) mass is 351 g/mol.